The van der Waals surface area contributed by atoms with Gasteiger partial charge in [0.25, 0.3) is 0 Å². The molecule has 578 valence electrons. The minimum atomic E-state index is -1.29. The molecule has 0 aliphatic carbocycles. The maximum absolute atomic E-state index is 14.9. The molecular formula is C85H106N12O12. The van der Waals surface area contributed by atoms with Crippen LogP contribution in [0.15, 0.2) is 164 Å². The first-order valence-corrected chi connectivity index (χ1v) is 37.7. The number of hydrogen-bond donors (Lipinski definition) is 9. The Bertz CT molecular complexity index is 4140. The maximum Gasteiger partial charge on any atom is 0.417 e. The van der Waals surface area contributed by atoms with Crippen molar-refractivity contribution in [3.63, 3.8) is 0 Å². The molecule has 3 heterocycles. The van der Waals surface area contributed by atoms with Gasteiger partial charge in [0.1, 0.15) is 34.9 Å². The van der Waals surface area contributed by atoms with Gasteiger partial charge < -0.3 is 62.3 Å². The third kappa shape index (κ3) is 22.8. The Morgan fingerprint density at radius 3 is 0.844 bits per heavy atom. The topological polar surface area (TPSA) is 353 Å². The van der Waals surface area contributed by atoms with Crippen molar-refractivity contribution in [2.45, 2.75) is 199 Å². The van der Waals surface area contributed by atoms with E-state index in [9.17, 15) is 43.2 Å². The van der Waals surface area contributed by atoms with Crippen molar-refractivity contribution in [1.29, 1.82) is 0 Å². The van der Waals surface area contributed by atoms with Crippen molar-refractivity contribution in [1.82, 2.24) is 29.7 Å². The number of H-pyrrole nitrogens is 3. The van der Waals surface area contributed by atoms with Gasteiger partial charge >= 0.3 is 18.3 Å². The highest BCUT2D eigenvalue weighted by atomic mass is 16.6. The number of nitrogens with two attached hydrogens (primary N) is 3. The number of aryl methyl sites for hydroxylation is 3. The summed E-state index contributed by atoms with van der Waals surface area (Å²) in [6.07, 6.45) is 6.20. The number of ether oxygens (including phenoxy) is 3. The Labute approximate surface area is 637 Å². The zero-order valence-electron chi connectivity index (χ0n) is 64.1. The molecule has 9 aromatic rings. The van der Waals surface area contributed by atoms with E-state index in [1.54, 1.807) is 98.7 Å². The van der Waals surface area contributed by atoms with Crippen LogP contribution >= 0.6 is 0 Å². The summed E-state index contributed by atoms with van der Waals surface area (Å²) in [5, 5.41) is 11.8. The first-order valence-electron chi connectivity index (χ1n) is 37.7. The van der Waals surface area contributed by atoms with E-state index in [0.29, 0.717) is 91.9 Å². The second-order valence-electron chi connectivity index (χ2n) is 30.5. The van der Waals surface area contributed by atoms with E-state index in [2.05, 4.69) is 30.9 Å². The van der Waals surface area contributed by atoms with E-state index >= 15 is 0 Å². The Balaban J connectivity index is 1.03. The van der Waals surface area contributed by atoms with E-state index in [1.807, 2.05) is 128 Å². The predicted molar refractivity (Wildman–Crippen MR) is 425 cm³/mol. The van der Waals surface area contributed by atoms with Crippen LogP contribution in [0.25, 0.3) is 32.7 Å². The van der Waals surface area contributed by atoms with Gasteiger partial charge in [0.15, 0.2) is 0 Å². The number of anilines is 3. The summed E-state index contributed by atoms with van der Waals surface area (Å²) in [4.78, 5) is 143. The van der Waals surface area contributed by atoms with Gasteiger partial charge in [-0.25, -0.2) is 29.1 Å². The van der Waals surface area contributed by atoms with Crippen LogP contribution in [0.2, 0.25) is 0 Å². The fourth-order valence-electron chi connectivity index (χ4n) is 13.4. The van der Waals surface area contributed by atoms with Crippen LogP contribution in [0.5, 0.6) is 0 Å². The molecule has 3 aromatic heterocycles. The lowest BCUT2D eigenvalue weighted by Gasteiger charge is -2.32. The number of imide groups is 3. The van der Waals surface area contributed by atoms with Crippen LogP contribution in [0.1, 0.15) is 179 Å². The highest BCUT2D eigenvalue weighted by molar-refractivity contribution is 6.05. The number of carbonyl (C=O) groups excluding carboxylic acids is 9. The number of benzene rings is 6. The third-order valence-corrected chi connectivity index (χ3v) is 18.6. The number of rotatable bonds is 33. The molecule has 3 atom stereocenters. The number of aromatic amines is 3. The first kappa shape index (κ1) is 82.1. The lowest BCUT2D eigenvalue weighted by molar-refractivity contribution is -0.138. The van der Waals surface area contributed by atoms with E-state index in [0.717, 1.165) is 64.1 Å². The molecule has 0 saturated carbocycles. The minimum absolute atomic E-state index is 0.0945. The van der Waals surface area contributed by atoms with Gasteiger partial charge in [-0.2, -0.15) is 0 Å². The Kier molecular flexibility index (Phi) is 28.4. The van der Waals surface area contributed by atoms with Crippen molar-refractivity contribution in [3.05, 3.63) is 198 Å². The van der Waals surface area contributed by atoms with Crippen molar-refractivity contribution >= 4 is 103 Å². The summed E-state index contributed by atoms with van der Waals surface area (Å²) in [5.74, 6) is -4.25. The molecule has 9 amide bonds. The number of para-hydroxylation sites is 3. The molecule has 0 radical (unpaired) electrons. The average Bonchev–Trinajstić information content (AvgIpc) is 1.11. The van der Waals surface area contributed by atoms with Gasteiger partial charge in [0.2, 0.25) is 35.4 Å². The largest absolute Gasteiger partial charge is 0.443 e. The van der Waals surface area contributed by atoms with Gasteiger partial charge in [0, 0.05) is 93.5 Å². The monoisotopic (exact) mass is 1490 g/mol. The number of carbonyl (C=O) groups is 9. The molecule has 0 spiro atoms. The standard InChI is InChI=1S/C85H106N12O12/c1-83(2,3)107-80(104)95(73(98)46-37-58-52-89-67-25-13-10-22-64(58)67)70(28-16-19-49-86)77(101)92-61-40-31-55(32-41-61)76(56-33-42-62(43-34-56)93-78(102)71(29-17-20-50-87)96(81(105)108-84(4,5)6)74(99)47-38-59-53-90-68-26-14-11-23-65(59)68)57-35-44-63(45-36-57)94-79(103)72(30-18-21-51-88)97(82(106)109-85(7,8)9)75(100)48-39-60-54-91-69-27-15-12-24-66(60)69/h10-15,22-27,31-36,40-45,52-54,70-72,76,89-91H,16-21,28-30,37-39,46-51,86-88H2,1-9H3,(H,92,101)(H,93,102)(H,94,103)/t70-,71-,72-/m0/s1. The number of nitrogens with one attached hydrogen (secondary N) is 6. The fourth-order valence-corrected chi connectivity index (χ4v) is 13.4. The van der Waals surface area contributed by atoms with Gasteiger partial charge in [-0.1, -0.05) is 91.0 Å². The van der Waals surface area contributed by atoms with Crippen LogP contribution in [-0.4, -0.2) is 138 Å². The zero-order chi connectivity index (χ0) is 78.6. The Morgan fingerprint density at radius 1 is 0.358 bits per heavy atom. The average molecular weight is 1490 g/mol. The van der Waals surface area contributed by atoms with E-state index in [-0.39, 0.29) is 57.8 Å². The number of nitrogens with zero attached hydrogens (tertiary/aromatic N) is 3. The molecule has 9 rings (SSSR count). The fraction of sp³-hybridized carbons (Fsp3) is 0.400. The molecule has 0 unspecified atom stereocenters. The Hall–Kier alpha value is -11.0. The normalized spacial score (nSPS) is 12.6. The molecular weight excluding hydrogens is 1380 g/mol. The second-order valence-corrected chi connectivity index (χ2v) is 30.5. The lowest BCUT2D eigenvalue weighted by atomic mass is 9.85. The zero-order valence-corrected chi connectivity index (χ0v) is 64.1. The molecule has 24 heteroatoms. The van der Waals surface area contributed by atoms with Gasteiger partial charge in [-0.15, -0.1) is 0 Å². The molecule has 0 aliphatic rings. The SMILES string of the molecule is CC(C)(C)OC(=O)N(C(=O)CCc1c[nH]c2ccccc12)[C@@H](CCCCN)C(=O)Nc1ccc(C(c2ccc(NC(=O)[C@H](CCCCN)N(C(=O)CCc3c[nH]c4ccccc34)C(=O)OC(C)(C)C)cc2)c2ccc(NC(=O)[C@H](CCCCN)N(C(=O)CCc3c[nH]c4ccccc34)C(=O)OC(C)(C)C)cc2)cc1. The summed E-state index contributed by atoms with van der Waals surface area (Å²) >= 11 is 0. The van der Waals surface area contributed by atoms with Crippen molar-refractivity contribution < 1.29 is 57.4 Å². The number of hydrogen-bond acceptors (Lipinski definition) is 15. The lowest BCUT2D eigenvalue weighted by Crippen LogP contribution is -2.52. The molecule has 6 aromatic carbocycles. The molecule has 0 aliphatic heterocycles. The van der Waals surface area contributed by atoms with Gasteiger partial charge in [0.05, 0.1) is 0 Å². The quantitative estimate of drug-likeness (QED) is 0.0105. The minimum Gasteiger partial charge on any atom is -0.443 e. The van der Waals surface area contributed by atoms with Crippen LogP contribution in [-0.2, 0) is 62.2 Å². The molecule has 12 N–H and O–H groups in total. The first-order chi connectivity index (χ1) is 52.0. The van der Waals surface area contributed by atoms with E-state index in [1.165, 1.54) is 0 Å². The van der Waals surface area contributed by atoms with Crippen molar-refractivity contribution in [2.24, 2.45) is 17.2 Å². The van der Waals surface area contributed by atoms with Crippen LogP contribution in [0.4, 0.5) is 31.4 Å². The Morgan fingerprint density at radius 2 is 0.606 bits per heavy atom. The number of fused-ring (bicyclic) bond motifs is 3. The van der Waals surface area contributed by atoms with Crippen LogP contribution in [0.3, 0.4) is 0 Å². The van der Waals surface area contributed by atoms with Crippen LogP contribution in [0, 0.1) is 0 Å². The van der Waals surface area contributed by atoms with Crippen molar-refractivity contribution in [2.75, 3.05) is 35.6 Å². The van der Waals surface area contributed by atoms with Gasteiger partial charge in [-0.3, -0.25) is 28.8 Å². The number of amides is 9. The number of unbranched alkanes of at least 4 members (excludes halogenated alkanes) is 3. The van der Waals surface area contributed by atoms with E-state index in [4.69, 9.17) is 31.4 Å². The van der Waals surface area contributed by atoms with E-state index < -0.39 is 94.6 Å². The smallest absolute Gasteiger partial charge is 0.417 e. The summed E-state index contributed by atoms with van der Waals surface area (Å²) in [5.41, 5.74) is 23.3. The molecule has 109 heavy (non-hydrogen) atoms. The highest BCUT2D eigenvalue weighted by Gasteiger charge is 2.41. The number of aromatic nitrogens is 3. The molecule has 0 saturated heterocycles. The van der Waals surface area contributed by atoms with Crippen molar-refractivity contribution in [3.8, 4) is 0 Å². The maximum atomic E-state index is 14.9. The second kappa shape index (κ2) is 37.7. The predicted octanol–water partition coefficient (Wildman–Crippen LogP) is 14.8. The van der Waals surface area contributed by atoms with Crippen LogP contribution < -0.4 is 33.2 Å². The van der Waals surface area contributed by atoms with Gasteiger partial charge in [-0.05, 0) is 247 Å². The summed E-state index contributed by atoms with van der Waals surface area (Å²) in [7, 11) is 0. The molecule has 0 fully saturated rings. The summed E-state index contributed by atoms with van der Waals surface area (Å²) in [6, 6.07) is 40.4. The summed E-state index contributed by atoms with van der Waals surface area (Å²) in [6.45, 7) is 16.1. The highest BCUT2D eigenvalue weighted by Crippen LogP contribution is 2.36. The molecule has 24 nitrogen and oxygen atoms in total. The third-order valence-electron chi connectivity index (χ3n) is 18.6. The molecule has 0 bridgehead atoms. The summed E-state index contributed by atoms with van der Waals surface area (Å²) < 4.78 is 17.5.